The van der Waals surface area contributed by atoms with E-state index < -0.39 is 0 Å². The Morgan fingerprint density at radius 3 is 2.67 bits per heavy atom. The van der Waals surface area contributed by atoms with Crippen LogP contribution >= 0.6 is 0 Å². The van der Waals surface area contributed by atoms with Crippen LogP contribution in [0.2, 0.25) is 0 Å². The summed E-state index contributed by atoms with van der Waals surface area (Å²) >= 11 is 0. The zero-order valence-electron chi connectivity index (χ0n) is 14.9. The highest BCUT2D eigenvalue weighted by Crippen LogP contribution is 2.24. The van der Waals surface area contributed by atoms with E-state index in [1.54, 1.807) is 18.5 Å². The smallest absolute Gasteiger partial charge is 0.251 e. The number of carbonyl (C=O) groups is 1. The third-order valence-corrected chi connectivity index (χ3v) is 4.53. The number of aliphatic imine (C=N–C) groups is 1. The molecule has 2 heterocycles. The molecule has 0 saturated heterocycles. The average molecular weight is 359 g/mol. The monoisotopic (exact) mass is 359 g/mol. The summed E-state index contributed by atoms with van der Waals surface area (Å²) in [6.07, 6.45) is 4.17. The van der Waals surface area contributed by atoms with E-state index in [1.807, 2.05) is 37.3 Å². The third-order valence-electron chi connectivity index (χ3n) is 4.53. The van der Waals surface area contributed by atoms with Gasteiger partial charge in [-0.1, -0.05) is 6.07 Å². The number of hydrogen-bond acceptors (Lipinski definition) is 3. The fraction of sp³-hybridized carbons (Fsp3) is 0.136. The van der Waals surface area contributed by atoms with Gasteiger partial charge in [0.1, 0.15) is 5.82 Å². The molecule has 1 aromatic heterocycles. The first-order valence-corrected chi connectivity index (χ1v) is 8.78. The fourth-order valence-electron chi connectivity index (χ4n) is 3.28. The molecule has 1 aliphatic rings. The van der Waals surface area contributed by atoms with Crippen LogP contribution in [-0.2, 0) is 6.42 Å². The summed E-state index contributed by atoms with van der Waals surface area (Å²) in [4.78, 5) is 21.0. The second-order valence-corrected chi connectivity index (χ2v) is 6.56. The van der Waals surface area contributed by atoms with E-state index in [9.17, 15) is 9.18 Å². The summed E-state index contributed by atoms with van der Waals surface area (Å²) in [7, 11) is 0. The van der Waals surface area contributed by atoms with Crippen molar-refractivity contribution in [3.8, 4) is 0 Å². The van der Waals surface area contributed by atoms with Gasteiger partial charge in [0.25, 0.3) is 5.91 Å². The first-order chi connectivity index (χ1) is 13.1. The number of amides is 1. The normalized spacial score (nSPS) is 13.9. The number of nitrogens with one attached hydrogen (secondary N) is 1. The first-order valence-electron chi connectivity index (χ1n) is 8.78. The van der Waals surface area contributed by atoms with Crippen molar-refractivity contribution >= 4 is 17.3 Å². The predicted octanol–water partition coefficient (Wildman–Crippen LogP) is 3.98. The Labute approximate surface area is 156 Å². The van der Waals surface area contributed by atoms with Gasteiger partial charge in [-0.05, 0) is 66.9 Å². The molecule has 1 aliphatic heterocycles. The van der Waals surface area contributed by atoms with E-state index in [4.69, 9.17) is 4.99 Å². The summed E-state index contributed by atoms with van der Waals surface area (Å²) < 4.78 is 14.0. The third kappa shape index (κ3) is 3.62. The van der Waals surface area contributed by atoms with E-state index >= 15 is 0 Å². The van der Waals surface area contributed by atoms with E-state index in [2.05, 4.69) is 10.3 Å². The molecule has 134 valence electrons. The molecule has 2 aromatic carbocycles. The zero-order chi connectivity index (χ0) is 18.8. The van der Waals surface area contributed by atoms with E-state index in [1.165, 1.54) is 12.1 Å². The number of aryl methyl sites for hydroxylation is 1. The van der Waals surface area contributed by atoms with Crippen molar-refractivity contribution in [2.45, 2.75) is 13.3 Å². The van der Waals surface area contributed by atoms with E-state index in [0.717, 1.165) is 23.1 Å². The van der Waals surface area contributed by atoms with Gasteiger partial charge in [-0.3, -0.25) is 9.78 Å². The van der Waals surface area contributed by atoms with Crippen molar-refractivity contribution in [1.29, 1.82) is 0 Å². The average Bonchev–Trinajstić information content (AvgIpc) is 2.66. The van der Waals surface area contributed by atoms with Crippen molar-refractivity contribution in [3.05, 3.63) is 94.6 Å². The number of aromatic nitrogens is 1. The SMILES string of the molecule is Cc1cc(F)cc(C(=Nc2ccc3c(c2)C(=O)NCC3)c2ccncc2)c1. The van der Waals surface area contributed by atoms with Crippen LogP contribution in [-0.4, -0.2) is 23.1 Å². The summed E-state index contributed by atoms with van der Waals surface area (Å²) in [5.41, 5.74) is 5.28. The molecule has 0 atom stereocenters. The molecule has 27 heavy (non-hydrogen) atoms. The van der Waals surface area contributed by atoms with Crippen molar-refractivity contribution in [1.82, 2.24) is 10.3 Å². The van der Waals surface area contributed by atoms with Crippen molar-refractivity contribution < 1.29 is 9.18 Å². The van der Waals surface area contributed by atoms with Gasteiger partial charge in [0.05, 0.1) is 11.4 Å². The molecule has 3 aromatic rings. The predicted molar refractivity (Wildman–Crippen MR) is 103 cm³/mol. The van der Waals surface area contributed by atoms with Gasteiger partial charge in [0.15, 0.2) is 0 Å². The number of rotatable bonds is 3. The van der Waals surface area contributed by atoms with Gasteiger partial charge >= 0.3 is 0 Å². The van der Waals surface area contributed by atoms with Crippen LogP contribution in [0.3, 0.4) is 0 Å². The van der Waals surface area contributed by atoms with Crippen LogP contribution in [0.1, 0.15) is 32.6 Å². The van der Waals surface area contributed by atoms with E-state index in [-0.39, 0.29) is 11.7 Å². The summed E-state index contributed by atoms with van der Waals surface area (Å²) in [6, 6.07) is 14.1. The van der Waals surface area contributed by atoms with Crippen LogP contribution in [0.4, 0.5) is 10.1 Å². The number of benzene rings is 2. The number of nitrogens with zero attached hydrogens (tertiary/aromatic N) is 2. The lowest BCUT2D eigenvalue weighted by molar-refractivity contribution is 0.0946. The molecule has 0 fully saturated rings. The van der Waals surface area contributed by atoms with Gasteiger partial charge in [0, 0.05) is 35.6 Å². The number of halogens is 1. The summed E-state index contributed by atoms with van der Waals surface area (Å²) in [6.45, 7) is 2.50. The maximum Gasteiger partial charge on any atom is 0.251 e. The van der Waals surface area contributed by atoms with Crippen LogP contribution in [0.5, 0.6) is 0 Å². The Balaban J connectivity index is 1.86. The van der Waals surface area contributed by atoms with Gasteiger partial charge in [-0.15, -0.1) is 0 Å². The van der Waals surface area contributed by atoms with Crippen LogP contribution < -0.4 is 5.32 Å². The highest BCUT2D eigenvalue weighted by Gasteiger charge is 2.17. The van der Waals surface area contributed by atoms with Crippen LogP contribution in [0, 0.1) is 12.7 Å². The Hall–Kier alpha value is -3.34. The molecule has 0 radical (unpaired) electrons. The molecular weight excluding hydrogens is 341 g/mol. The molecule has 4 nitrogen and oxygen atoms in total. The largest absolute Gasteiger partial charge is 0.352 e. The lowest BCUT2D eigenvalue weighted by Crippen LogP contribution is -2.31. The minimum absolute atomic E-state index is 0.0830. The van der Waals surface area contributed by atoms with Crippen LogP contribution in [0.25, 0.3) is 0 Å². The number of carbonyl (C=O) groups excluding carboxylic acids is 1. The lowest BCUT2D eigenvalue weighted by atomic mass is 9.99. The summed E-state index contributed by atoms with van der Waals surface area (Å²) in [5.74, 6) is -0.392. The summed E-state index contributed by atoms with van der Waals surface area (Å²) in [5, 5.41) is 2.85. The zero-order valence-corrected chi connectivity index (χ0v) is 14.9. The van der Waals surface area contributed by atoms with Crippen molar-refractivity contribution in [3.63, 3.8) is 0 Å². The minimum Gasteiger partial charge on any atom is -0.352 e. The van der Waals surface area contributed by atoms with Crippen molar-refractivity contribution in [2.75, 3.05) is 6.54 Å². The van der Waals surface area contributed by atoms with Crippen molar-refractivity contribution in [2.24, 2.45) is 4.99 Å². The molecular formula is C22H18FN3O. The first kappa shape index (κ1) is 17.1. The molecule has 1 amide bonds. The lowest BCUT2D eigenvalue weighted by Gasteiger charge is -2.16. The standard InChI is InChI=1S/C22H18FN3O/c1-14-10-17(12-18(23)11-14)21(16-4-7-24-8-5-16)26-19-3-2-15-6-9-25-22(27)20(15)13-19/h2-5,7-8,10-13H,6,9H2,1H3,(H,25,27). The Morgan fingerprint density at radius 2 is 1.89 bits per heavy atom. The maximum absolute atomic E-state index is 14.0. The molecule has 1 N–H and O–H groups in total. The minimum atomic E-state index is -0.309. The number of fused-ring (bicyclic) bond motifs is 1. The Bertz CT molecular complexity index is 1020. The number of hydrogen-bond donors (Lipinski definition) is 1. The van der Waals surface area contributed by atoms with Gasteiger partial charge in [-0.25, -0.2) is 9.38 Å². The highest BCUT2D eigenvalue weighted by atomic mass is 19.1. The molecule has 5 heteroatoms. The number of pyridine rings is 1. The van der Waals surface area contributed by atoms with Crippen LogP contribution in [0.15, 0.2) is 65.9 Å². The Morgan fingerprint density at radius 1 is 1.07 bits per heavy atom. The maximum atomic E-state index is 14.0. The molecule has 0 spiro atoms. The second-order valence-electron chi connectivity index (χ2n) is 6.56. The topological polar surface area (TPSA) is 54.4 Å². The molecule has 4 rings (SSSR count). The molecule has 0 unspecified atom stereocenters. The second kappa shape index (κ2) is 7.11. The molecule has 0 aliphatic carbocycles. The highest BCUT2D eigenvalue weighted by molar-refractivity contribution is 6.14. The fourth-order valence-corrected chi connectivity index (χ4v) is 3.28. The molecule has 0 saturated carbocycles. The van der Waals surface area contributed by atoms with Gasteiger partial charge < -0.3 is 5.32 Å². The Kier molecular flexibility index (Phi) is 4.50. The quantitative estimate of drug-likeness (QED) is 0.719. The van der Waals surface area contributed by atoms with Gasteiger partial charge in [0.2, 0.25) is 0 Å². The van der Waals surface area contributed by atoms with E-state index in [0.29, 0.717) is 29.1 Å². The van der Waals surface area contributed by atoms with Gasteiger partial charge in [-0.2, -0.15) is 0 Å². The molecule has 0 bridgehead atoms.